The average molecular weight is 253 g/mol. The third-order valence-corrected chi connectivity index (χ3v) is 4.79. The first kappa shape index (κ1) is 11.6. The Morgan fingerprint density at radius 3 is 2.71 bits per heavy atom. The van der Waals surface area contributed by atoms with Gasteiger partial charge in [0.15, 0.2) is 0 Å². The molecule has 0 radical (unpaired) electrons. The molecule has 0 spiro atoms. The van der Waals surface area contributed by atoms with E-state index >= 15 is 0 Å². The predicted octanol–water partition coefficient (Wildman–Crippen LogP) is 2.25. The minimum Gasteiger partial charge on any atom is -0.368 e. The lowest BCUT2D eigenvalue weighted by Gasteiger charge is -2.21. The molecule has 0 aromatic carbocycles. The largest absolute Gasteiger partial charge is 0.368 e. The molecule has 1 aromatic rings. The van der Waals surface area contributed by atoms with Crippen molar-refractivity contribution in [3.8, 4) is 0 Å². The van der Waals surface area contributed by atoms with E-state index in [1.54, 1.807) is 11.3 Å². The number of aromatic nitrogens is 2. The van der Waals surface area contributed by atoms with Crippen LogP contribution in [0.4, 0.5) is 0 Å². The van der Waals surface area contributed by atoms with Gasteiger partial charge in [-0.15, -0.1) is 10.2 Å². The van der Waals surface area contributed by atoms with Gasteiger partial charge in [-0.05, 0) is 12.8 Å². The van der Waals surface area contributed by atoms with Crippen LogP contribution in [-0.2, 0) is 4.74 Å². The summed E-state index contributed by atoms with van der Waals surface area (Å²) in [7, 11) is 0. The Morgan fingerprint density at radius 1 is 1.12 bits per heavy atom. The lowest BCUT2D eigenvalue weighted by Crippen LogP contribution is -2.33. The Hall–Kier alpha value is -0.520. The first-order valence-corrected chi connectivity index (χ1v) is 7.41. The molecule has 2 heterocycles. The van der Waals surface area contributed by atoms with Gasteiger partial charge in [-0.1, -0.05) is 30.6 Å². The van der Waals surface area contributed by atoms with Gasteiger partial charge >= 0.3 is 0 Å². The Balaban J connectivity index is 1.68. The monoisotopic (exact) mass is 253 g/mol. The molecule has 1 N–H and O–H groups in total. The summed E-state index contributed by atoms with van der Waals surface area (Å²) in [6, 6.07) is 0. The fraction of sp³-hybridized carbons (Fsp3) is 0.833. The number of hydrogen-bond acceptors (Lipinski definition) is 5. The Morgan fingerprint density at radius 2 is 1.94 bits per heavy atom. The molecule has 0 bridgehead atoms. The highest BCUT2D eigenvalue weighted by molar-refractivity contribution is 7.11. The number of rotatable bonds is 2. The van der Waals surface area contributed by atoms with Gasteiger partial charge in [0.25, 0.3) is 0 Å². The van der Waals surface area contributed by atoms with Crippen molar-refractivity contribution in [2.75, 3.05) is 19.7 Å². The maximum absolute atomic E-state index is 5.71. The molecule has 0 amide bonds. The molecule has 94 valence electrons. The van der Waals surface area contributed by atoms with Crippen LogP contribution >= 0.6 is 11.3 Å². The van der Waals surface area contributed by atoms with Gasteiger partial charge < -0.3 is 10.1 Å². The quantitative estimate of drug-likeness (QED) is 0.878. The van der Waals surface area contributed by atoms with Crippen LogP contribution in [0.3, 0.4) is 0 Å². The standard InChI is InChI=1S/C12H19N3OS/c1-2-4-9(5-3-1)11-14-15-12(17-11)10-8-13-6-7-16-10/h9-10,13H,1-8H2/t10-/m1/s1. The van der Waals surface area contributed by atoms with E-state index in [9.17, 15) is 0 Å². The molecular weight excluding hydrogens is 234 g/mol. The molecule has 1 saturated heterocycles. The summed E-state index contributed by atoms with van der Waals surface area (Å²) < 4.78 is 5.71. The summed E-state index contributed by atoms with van der Waals surface area (Å²) in [6.07, 6.45) is 6.79. The SMILES string of the molecule is C1CCC(c2nnc([C@H]3CNCCO3)s2)CC1. The molecule has 4 nitrogen and oxygen atoms in total. The lowest BCUT2D eigenvalue weighted by molar-refractivity contribution is 0.0271. The second-order valence-corrected chi connectivity index (χ2v) is 5.92. The van der Waals surface area contributed by atoms with Crippen molar-refractivity contribution in [1.29, 1.82) is 0 Å². The lowest BCUT2D eigenvalue weighted by atomic mass is 9.90. The molecule has 3 rings (SSSR count). The van der Waals surface area contributed by atoms with Crippen LogP contribution in [0.1, 0.15) is 54.1 Å². The number of nitrogens with zero attached hydrogens (tertiary/aromatic N) is 2. The molecule has 1 aliphatic heterocycles. The van der Waals surface area contributed by atoms with Crippen molar-refractivity contribution in [3.05, 3.63) is 10.0 Å². The van der Waals surface area contributed by atoms with E-state index in [0.29, 0.717) is 5.92 Å². The summed E-state index contributed by atoms with van der Waals surface area (Å²) in [4.78, 5) is 0. The fourth-order valence-corrected chi connectivity index (χ4v) is 3.68. The summed E-state index contributed by atoms with van der Waals surface area (Å²) in [5.41, 5.74) is 0. The second kappa shape index (κ2) is 5.42. The van der Waals surface area contributed by atoms with E-state index in [2.05, 4.69) is 15.5 Å². The van der Waals surface area contributed by atoms with Gasteiger partial charge in [-0.3, -0.25) is 0 Å². The molecular formula is C12H19N3OS. The summed E-state index contributed by atoms with van der Waals surface area (Å²) >= 11 is 1.76. The Kier molecular flexibility index (Phi) is 3.68. The van der Waals surface area contributed by atoms with Gasteiger partial charge in [0, 0.05) is 19.0 Å². The summed E-state index contributed by atoms with van der Waals surface area (Å²) in [5.74, 6) is 0.659. The maximum atomic E-state index is 5.71. The third-order valence-electron chi connectivity index (χ3n) is 3.61. The van der Waals surface area contributed by atoms with Crippen LogP contribution in [0.2, 0.25) is 0 Å². The van der Waals surface area contributed by atoms with Crippen LogP contribution in [0.25, 0.3) is 0 Å². The first-order valence-electron chi connectivity index (χ1n) is 6.59. The normalized spacial score (nSPS) is 27.2. The van der Waals surface area contributed by atoms with Crippen LogP contribution in [0.5, 0.6) is 0 Å². The Bertz CT molecular complexity index is 324. The molecule has 1 saturated carbocycles. The van der Waals surface area contributed by atoms with Crippen molar-refractivity contribution in [3.63, 3.8) is 0 Å². The average Bonchev–Trinajstić information content (AvgIpc) is 2.90. The van der Waals surface area contributed by atoms with E-state index in [1.807, 2.05) is 0 Å². The van der Waals surface area contributed by atoms with Crippen molar-refractivity contribution in [2.45, 2.75) is 44.1 Å². The molecule has 1 aromatic heterocycles. The zero-order valence-electron chi connectivity index (χ0n) is 10.0. The highest BCUT2D eigenvalue weighted by Gasteiger charge is 2.24. The summed E-state index contributed by atoms with van der Waals surface area (Å²) in [6.45, 7) is 2.60. The first-order chi connectivity index (χ1) is 8.43. The van der Waals surface area contributed by atoms with Gasteiger partial charge in [-0.25, -0.2) is 0 Å². The van der Waals surface area contributed by atoms with Crippen LogP contribution in [-0.4, -0.2) is 29.9 Å². The zero-order chi connectivity index (χ0) is 11.5. The van der Waals surface area contributed by atoms with E-state index < -0.39 is 0 Å². The van der Waals surface area contributed by atoms with Gasteiger partial charge in [-0.2, -0.15) is 0 Å². The van der Waals surface area contributed by atoms with Crippen molar-refractivity contribution >= 4 is 11.3 Å². The third kappa shape index (κ3) is 2.67. The van der Waals surface area contributed by atoms with Crippen molar-refractivity contribution < 1.29 is 4.74 Å². The number of hydrogen-bond donors (Lipinski definition) is 1. The minimum atomic E-state index is 0.124. The van der Waals surface area contributed by atoms with Crippen molar-refractivity contribution in [2.24, 2.45) is 0 Å². The molecule has 1 atom stereocenters. The summed E-state index contributed by atoms with van der Waals surface area (Å²) in [5, 5.41) is 14.3. The fourth-order valence-electron chi connectivity index (χ4n) is 2.62. The molecule has 1 aliphatic carbocycles. The van der Waals surface area contributed by atoms with E-state index in [4.69, 9.17) is 4.74 Å². The topological polar surface area (TPSA) is 47.0 Å². The Labute approximate surface area is 106 Å². The molecule has 0 unspecified atom stereocenters. The second-order valence-electron chi connectivity index (χ2n) is 4.88. The van der Waals surface area contributed by atoms with Gasteiger partial charge in [0.05, 0.1) is 6.61 Å². The van der Waals surface area contributed by atoms with Gasteiger partial charge in [0.1, 0.15) is 16.1 Å². The molecule has 17 heavy (non-hydrogen) atoms. The molecule has 5 heteroatoms. The zero-order valence-corrected chi connectivity index (χ0v) is 10.8. The van der Waals surface area contributed by atoms with Crippen LogP contribution in [0.15, 0.2) is 0 Å². The minimum absolute atomic E-state index is 0.124. The maximum Gasteiger partial charge on any atom is 0.147 e. The van der Waals surface area contributed by atoms with E-state index in [1.165, 1.54) is 37.1 Å². The highest BCUT2D eigenvalue weighted by atomic mass is 32.1. The highest BCUT2D eigenvalue weighted by Crippen LogP contribution is 2.35. The smallest absolute Gasteiger partial charge is 0.147 e. The number of ether oxygens (including phenoxy) is 1. The van der Waals surface area contributed by atoms with Crippen LogP contribution in [0, 0.1) is 0 Å². The number of nitrogens with one attached hydrogen (secondary N) is 1. The van der Waals surface area contributed by atoms with Gasteiger partial charge in [0.2, 0.25) is 0 Å². The molecule has 2 aliphatic rings. The number of morpholine rings is 1. The van der Waals surface area contributed by atoms with E-state index in [-0.39, 0.29) is 6.10 Å². The van der Waals surface area contributed by atoms with E-state index in [0.717, 1.165) is 24.7 Å². The molecule has 2 fully saturated rings. The van der Waals surface area contributed by atoms with Crippen molar-refractivity contribution in [1.82, 2.24) is 15.5 Å². The van der Waals surface area contributed by atoms with Crippen LogP contribution < -0.4 is 5.32 Å². The predicted molar refractivity (Wildman–Crippen MR) is 67.3 cm³/mol.